The number of nitrogen functional groups attached to an aromatic ring is 2. The molecule has 28 heavy (non-hydrogen) atoms. The van der Waals surface area contributed by atoms with E-state index in [1.807, 2.05) is 0 Å². The summed E-state index contributed by atoms with van der Waals surface area (Å²) in [5, 5.41) is 0. The molecule has 4 N–H and O–H groups in total. The molecule has 6 heteroatoms. The molecule has 0 saturated carbocycles. The molecule has 0 aliphatic heterocycles. The summed E-state index contributed by atoms with van der Waals surface area (Å²) in [6.07, 6.45) is 2.46. The summed E-state index contributed by atoms with van der Waals surface area (Å²) in [6.45, 7) is 0. The Morgan fingerprint density at radius 1 is 0.536 bits per heavy atom. The van der Waals surface area contributed by atoms with Crippen molar-refractivity contribution < 1.29 is 19.1 Å². The predicted octanol–water partition coefficient (Wildman–Crippen LogP) is 4.37. The van der Waals surface area contributed by atoms with Crippen molar-refractivity contribution >= 4 is 22.9 Å². The van der Waals surface area contributed by atoms with Crippen LogP contribution < -0.4 is 20.9 Å². The molecule has 0 fully saturated rings. The van der Waals surface area contributed by atoms with Crippen LogP contribution in [0.5, 0.6) is 23.0 Å². The van der Waals surface area contributed by atoms with Crippen LogP contribution in [0.4, 0.5) is 11.4 Å². The second-order valence-corrected chi connectivity index (χ2v) is 6.22. The zero-order chi connectivity index (χ0) is 19.7. The molecule has 0 bridgehead atoms. The van der Waals surface area contributed by atoms with Crippen LogP contribution in [0.2, 0.25) is 0 Å². The van der Waals surface area contributed by atoms with Gasteiger partial charge in [-0.05, 0) is 72.8 Å². The molecule has 138 valence electrons. The maximum atomic E-state index is 12.5. The lowest BCUT2D eigenvalue weighted by Gasteiger charge is -2.18. The van der Waals surface area contributed by atoms with E-state index in [0.29, 0.717) is 22.9 Å². The van der Waals surface area contributed by atoms with Gasteiger partial charge in [0.25, 0.3) is 0 Å². The summed E-state index contributed by atoms with van der Waals surface area (Å²) in [5.41, 5.74) is 12.9. The molecule has 3 aromatic carbocycles. The lowest BCUT2D eigenvalue weighted by Crippen LogP contribution is -2.14. The molecule has 0 spiro atoms. The molecule has 0 saturated heterocycles. The maximum Gasteiger partial charge on any atom is 0.190 e. The SMILES string of the molecule is Nc1ccc(Oc2ccc(Oc3ccc(N)cc3)c3c2C(=O)C=CC3=O)cc1. The molecule has 4 rings (SSSR count). The van der Waals surface area contributed by atoms with Gasteiger partial charge in [-0.2, -0.15) is 0 Å². The summed E-state index contributed by atoms with van der Waals surface area (Å²) >= 11 is 0. The van der Waals surface area contributed by atoms with Crippen LogP contribution in [0, 0.1) is 0 Å². The summed E-state index contributed by atoms with van der Waals surface area (Å²) in [5.74, 6) is 0.877. The Labute approximate surface area is 161 Å². The van der Waals surface area contributed by atoms with E-state index >= 15 is 0 Å². The van der Waals surface area contributed by atoms with Crippen LogP contribution in [-0.4, -0.2) is 11.6 Å². The number of carbonyl (C=O) groups is 2. The molecule has 0 unspecified atom stereocenters. The van der Waals surface area contributed by atoms with Crippen LogP contribution in [0.1, 0.15) is 20.7 Å². The Kier molecular flexibility index (Phi) is 4.29. The van der Waals surface area contributed by atoms with Gasteiger partial charge < -0.3 is 20.9 Å². The first-order chi connectivity index (χ1) is 13.5. The number of fused-ring (bicyclic) bond motifs is 1. The molecule has 0 aromatic heterocycles. The summed E-state index contributed by atoms with van der Waals surface area (Å²) in [6, 6.07) is 16.7. The van der Waals surface area contributed by atoms with Crippen molar-refractivity contribution in [2.24, 2.45) is 0 Å². The van der Waals surface area contributed by atoms with E-state index in [9.17, 15) is 9.59 Å². The van der Waals surface area contributed by atoms with Crippen molar-refractivity contribution in [1.82, 2.24) is 0 Å². The van der Waals surface area contributed by atoms with Crippen molar-refractivity contribution in [2.75, 3.05) is 11.5 Å². The largest absolute Gasteiger partial charge is 0.457 e. The fourth-order valence-electron chi connectivity index (χ4n) is 2.87. The Morgan fingerprint density at radius 2 is 0.893 bits per heavy atom. The summed E-state index contributed by atoms with van der Waals surface area (Å²) < 4.78 is 11.7. The smallest absolute Gasteiger partial charge is 0.190 e. The highest BCUT2D eigenvalue weighted by Gasteiger charge is 2.28. The molecule has 1 aliphatic carbocycles. The number of carbonyl (C=O) groups excluding carboxylic acids is 2. The Morgan fingerprint density at radius 3 is 1.25 bits per heavy atom. The van der Waals surface area contributed by atoms with Crippen LogP contribution in [-0.2, 0) is 0 Å². The third-order valence-corrected chi connectivity index (χ3v) is 4.22. The van der Waals surface area contributed by atoms with Gasteiger partial charge in [-0.25, -0.2) is 0 Å². The first-order valence-corrected chi connectivity index (χ1v) is 8.52. The molecule has 0 heterocycles. The maximum absolute atomic E-state index is 12.5. The lowest BCUT2D eigenvalue weighted by atomic mass is 9.93. The number of rotatable bonds is 4. The molecular formula is C22H16N2O4. The van der Waals surface area contributed by atoms with Crippen LogP contribution in [0.3, 0.4) is 0 Å². The molecule has 6 nitrogen and oxygen atoms in total. The molecule has 0 amide bonds. The third-order valence-electron chi connectivity index (χ3n) is 4.22. The number of anilines is 2. The average Bonchev–Trinajstić information content (AvgIpc) is 2.69. The van der Waals surface area contributed by atoms with Gasteiger partial charge in [-0.15, -0.1) is 0 Å². The number of ether oxygens (including phenoxy) is 2. The molecule has 0 atom stereocenters. The highest BCUT2D eigenvalue weighted by Crippen LogP contribution is 2.38. The fourth-order valence-corrected chi connectivity index (χ4v) is 2.87. The number of benzene rings is 3. The minimum atomic E-state index is -0.331. The predicted molar refractivity (Wildman–Crippen MR) is 106 cm³/mol. The first kappa shape index (κ1) is 17.4. The van der Waals surface area contributed by atoms with Gasteiger partial charge in [0.1, 0.15) is 23.0 Å². The van der Waals surface area contributed by atoms with Crippen molar-refractivity contribution in [2.45, 2.75) is 0 Å². The quantitative estimate of drug-likeness (QED) is 0.659. The Bertz CT molecular complexity index is 1010. The fraction of sp³-hybridized carbons (Fsp3) is 0. The summed E-state index contributed by atoms with van der Waals surface area (Å²) in [4.78, 5) is 25.1. The van der Waals surface area contributed by atoms with E-state index < -0.39 is 0 Å². The van der Waals surface area contributed by atoms with E-state index in [-0.39, 0.29) is 34.2 Å². The van der Waals surface area contributed by atoms with E-state index in [1.54, 1.807) is 60.7 Å². The van der Waals surface area contributed by atoms with Crippen molar-refractivity contribution in [3.8, 4) is 23.0 Å². The second-order valence-electron chi connectivity index (χ2n) is 6.22. The molecule has 0 radical (unpaired) electrons. The average molecular weight is 372 g/mol. The highest BCUT2D eigenvalue weighted by molar-refractivity contribution is 6.24. The van der Waals surface area contributed by atoms with Gasteiger partial charge >= 0.3 is 0 Å². The van der Waals surface area contributed by atoms with Crippen LogP contribution in [0.15, 0.2) is 72.8 Å². The second kappa shape index (κ2) is 6.92. The van der Waals surface area contributed by atoms with Crippen LogP contribution >= 0.6 is 0 Å². The summed E-state index contributed by atoms with van der Waals surface area (Å²) in [7, 11) is 0. The van der Waals surface area contributed by atoms with E-state index in [1.165, 1.54) is 12.2 Å². The molecule has 1 aliphatic rings. The normalized spacial score (nSPS) is 12.6. The van der Waals surface area contributed by atoms with E-state index in [0.717, 1.165) is 0 Å². The van der Waals surface area contributed by atoms with Gasteiger partial charge in [-0.3, -0.25) is 9.59 Å². The number of ketones is 2. The van der Waals surface area contributed by atoms with Gasteiger partial charge in [0.15, 0.2) is 11.6 Å². The number of hydrogen-bond acceptors (Lipinski definition) is 6. The van der Waals surface area contributed by atoms with Gasteiger partial charge in [0.05, 0.1) is 11.1 Å². The number of nitrogens with two attached hydrogens (primary N) is 2. The highest BCUT2D eigenvalue weighted by atomic mass is 16.5. The van der Waals surface area contributed by atoms with Crippen LogP contribution in [0.25, 0.3) is 0 Å². The van der Waals surface area contributed by atoms with E-state index in [4.69, 9.17) is 20.9 Å². The first-order valence-electron chi connectivity index (χ1n) is 8.52. The van der Waals surface area contributed by atoms with Gasteiger partial charge in [0.2, 0.25) is 0 Å². The number of allylic oxidation sites excluding steroid dienone is 2. The standard InChI is InChI=1S/C22H16N2O4/c23-13-1-5-15(6-2-13)27-19-11-12-20(28-16-7-3-14(24)4-8-16)22-18(26)10-9-17(25)21(19)22/h1-12H,23-24H2. The Balaban J connectivity index is 1.76. The minimum Gasteiger partial charge on any atom is -0.457 e. The third kappa shape index (κ3) is 3.31. The van der Waals surface area contributed by atoms with E-state index in [2.05, 4.69) is 0 Å². The van der Waals surface area contributed by atoms with Gasteiger partial charge in [-0.1, -0.05) is 0 Å². The monoisotopic (exact) mass is 372 g/mol. The van der Waals surface area contributed by atoms with Crippen molar-refractivity contribution in [3.63, 3.8) is 0 Å². The minimum absolute atomic E-state index is 0.164. The number of hydrogen-bond donors (Lipinski definition) is 2. The molecule has 3 aromatic rings. The Hall–Kier alpha value is -4.06. The topological polar surface area (TPSA) is 105 Å². The zero-order valence-electron chi connectivity index (χ0n) is 14.7. The van der Waals surface area contributed by atoms with Gasteiger partial charge in [0, 0.05) is 11.4 Å². The zero-order valence-corrected chi connectivity index (χ0v) is 14.7. The lowest BCUT2D eigenvalue weighted by molar-refractivity contribution is 0.0990. The van der Waals surface area contributed by atoms with Crippen molar-refractivity contribution in [1.29, 1.82) is 0 Å². The van der Waals surface area contributed by atoms with Crippen molar-refractivity contribution in [3.05, 3.63) is 83.9 Å². The molecular weight excluding hydrogens is 356 g/mol.